The minimum absolute atomic E-state index is 0.330. The van der Waals surface area contributed by atoms with Gasteiger partial charge in [-0.25, -0.2) is 5.43 Å². The molecule has 0 radical (unpaired) electrons. The third-order valence-electron chi connectivity index (χ3n) is 1.95. The number of carbonyl (C=O) groups is 1. The van der Waals surface area contributed by atoms with Gasteiger partial charge in [0.2, 0.25) is 0 Å². The summed E-state index contributed by atoms with van der Waals surface area (Å²) in [6.07, 6.45) is 4.46. The van der Waals surface area contributed by atoms with Crippen molar-refractivity contribution >= 4 is 44.0 Å². The van der Waals surface area contributed by atoms with Gasteiger partial charge in [-0.15, -0.1) is 0 Å². The number of pyridine rings is 1. The Morgan fingerprint density at radius 2 is 2.33 bits per heavy atom. The van der Waals surface area contributed by atoms with Crippen LogP contribution < -0.4 is 5.43 Å². The highest BCUT2D eigenvalue weighted by Crippen LogP contribution is 2.25. The van der Waals surface area contributed by atoms with Crippen LogP contribution in [-0.2, 0) is 0 Å². The highest BCUT2D eigenvalue weighted by atomic mass is 79.9. The molecule has 0 saturated heterocycles. The topological polar surface area (TPSA) is 67.5 Å². The van der Waals surface area contributed by atoms with Crippen LogP contribution >= 0.6 is 31.9 Å². The highest BCUT2D eigenvalue weighted by Gasteiger charge is 2.05. The number of rotatable bonds is 3. The maximum Gasteiger partial charge on any atom is 0.272 e. The molecule has 0 aliphatic carbocycles. The molecule has 0 saturated carbocycles. The van der Waals surface area contributed by atoms with Gasteiger partial charge in [0.1, 0.15) is 5.76 Å². The molecular formula is C11H7Br2N3O2. The molecule has 0 fully saturated rings. The standard InChI is InChI=1S/C11H7Br2N3O2/c12-9-4-8(18-10(9)13)6-15-16-11(17)7-2-1-3-14-5-7/h1-6H,(H,16,17). The molecule has 0 atom stereocenters. The van der Waals surface area contributed by atoms with Gasteiger partial charge < -0.3 is 4.42 Å². The molecule has 2 heterocycles. The summed E-state index contributed by atoms with van der Waals surface area (Å²) in [6, 6.07) is 5.06. The van der Waals surface area contributed by atoms with Gasteiger partial charge >= 0.3 is 0 Å². The van der Waals surface area contributed by atoms with E-state index in [1.165, 1.54) is 12.4 Å². The van der Waals surface area contributed by atoms with Crippen molar-refractivity contribution in [2.24, 2.45) is 5.10 Å². The van der Waals surface area contributed by atoms with Crippen LogP contribution in [0.2, 0.25) is 0 Å². The lowest BCUT2D eigenvalue weighted by Gasteiger charge is -1.97. The Bertz CT molecular complexity index is 562. The Morgan fingerprint density at radius 3 is 2.94 bits per heavy atom. The zero-order valence-corrected chi connectivity index (χ0v) is 12.1. The number of halogens is 2. The molecule has 0 aromatic carbocycles. The first kappa shape index (κ1) is 13.0. The molecule has 2 aromatic heterocycles. The molecule has 1 amide bonds. The molecule has 92 valence electrons. The first-order valence-electron chi connectivity index (χ1n) is 4.85. The Hall–Kier alpha value is -1.47. The fourth-order valence-electron chi connectivity index (χ4n) is 1.14. The summed E-state index contributed by atoms with van der Waals surface area (Å²) in [4.78, 5) is 15.4. The van der Waals surface area contributed by atoms with Gasteiger partial charge in [0.25, 0.3) is 5.91 Å². The molecular weight excluding hydrogens is 366 g/mol. The fourth-order valence-corrected chi connectivity index (χ4v) is 1.75. The van der Waals surface area contributed by atoms with Gasteiger partial charge in [0, 0.05) is 18.5 Å². The van der Waals surface area contributed by atoms with Gasteiger partial charge in [-0.2, -0.15) is 5.10 Å². The summed E-state index contributed by atoms with van der Waals surface area (Å²) >= 11 is 6.48. The molecule has 2 aromatic rings. The summed E-state index contributed by atoms with van der Waals surface area (Å²) in [6.45, 7) is 0. The minimum atomic E-state index is -0.330. The largest absolute Gasteiger partial charge is 0.447 e. The van der Waals surface area contributed by atoms with Crippen LogP contribution in [0.1, 0.15) is 16.1 Å². The zero-order chi connectivity index (χ0) is 13.0. The quantitative estimate of drug-likeness (QED) is 0.665. The summed E-state index contributed by atoms with van der Waals surface area (Å²) in [5.41, 5.74) is 2.82. The first-order valence-corrected chi connectivity index (χ1v) is 6.43. The van der Waals surface area contributed by atoms with E-state index >= 15 is 0 Å². The Morgan fingerprint density at radius 1 is 1.50 bits per heavy atom. The lowest BCUT2D eigenvalue weighted by atomic mass is 10.3. The number of hydrogen-bond donors (Lipinski definition) is 1. The van der Waals surface area contributed by atoms with Crippen molar-refractivity contribution in [2.45, 2.75) is 0 Å². The van der Waals surface area contributed by atoms with Crippen LogP contribution in [0.15, 0.2) is 49.3 Å². The first-order chi connectivity index (χ1) is 8.66. The second-order valence-corrected chi connectivity index (χ2v) is 4.79. The molecule has 0 bridgehead atoms. The Balaban J connectivity index is 1.98. The Labute approximate surface area is 120 Å². The number of hydrogen-bond acceptors (Lipinski definition) is 4. The van der Waals surface area contributed by atoms with Gasteiger partial charge in [-0.3, -0.25) is 9.78 Å². The normalized spacial score (nSPS) is 10.8. The summed E-state index contributed by atoms with van der Waals surface area (Å²) in [5.74, 6) is 0.185. The Kier molecular flexibility index (Phi) is 4.27. The van der Waals surface area contributed by atoms with E-state index in [4.69, 9.17) is 4.42 Å². The molecule has 0 unspecified atom stereocenters. The van der Waals surface area contributed by atoms with Crippen molar-refractivity contribution < 1.29 is 9.21 Å². The number of carbonyl (C=O) groups excluding carboxylic acids is 1. The number of nitrogens with zero attached hydrogens (tertiary/aromatic N) is 2. The lowest BCUT2D eigenvalue weighted by Crippen LogP contribution is -2.17. The number of furan rings is 1. The van der Waals surface area contributed by atoms with E-state index < -0.39 is 0 Å². The number of amides is 1. The SMILES string of the molecule is O=C(NN=Cc1cc(Br)c(Br)o1)c1cccnc1. The number of nitrogens with one attached hydrogen (secondary N) is 1. The number of aromatic nitrogens is 1. The highest BCUT2D eigenvalue weighted by molar-refractivity contribution is 9.13. The smallest absolute Gasteiger partial charge is 0.272 e. The van der Waals surface area contributed by atoms with Crippen molar-refractivity contribution in [2.75, 3.05) is 0 Å². The van der Waals surface area contributed by atoms with E-state index in [1.54, 1.807) is 24.4 Å². The van der Waals surface area contributed by atoms with Crippen LogP contribution in [0.5, 0.6) is 0 Å². The minimum Gasteiger partial charge on any atom is -0.447 e. The summed E-state index contributed by atoms with van der Waals surface area (Å²) in [5, 5.41) is 3.78. The molecule has 0 aliphatic heterocycles. The molecule has 1 N–H and O–H groups in total. The van der Waals surface area contributed by atoms with Crippen molar-refractivity contribution in [1.82, 2.24) is 10.4 Å². The lowest BCUT2D eigenvalue weighted by molar-refractivity contribution is 0.0955. The van der Waals surface area contributed by atoms with Crippen molar-refractivity contribution in [3.63, 3.8) is 0 Å². The van der Waals surface area contributed by atoms with Crippen molar-refractivity contribution in [3.8, 4) is 0 Å². The third kappa shape index (κ3) is 3.27. The maximum atomic E-state index is 11.6. The third-order valence-corrected chi connectivity index (χ3v) is 3.66. The molecule has 18 heavy (non-hydrogen) atoms. The average Bonchev–Trinajstić information content (AvgIpc) is 2.69. The van der Waals surface area contributed by atoms with Crippen LogP contribution in [0.25, 0.3) is 0 Å². The van der Waals surface area contributed by atoms with Crippen molar-refractivity contribution in [1.29, 1.82) is 0 Å². The summed E-state index contributed by atoms with van der Waals surface area (Å²) < 4.78 is 6.61. The van der Waals surface area contributed by atoms with Crippen molar-refractivity contribution in [3.05, 3.63) is 51.1 Å². The van der Waals surface area contributed by atoms with E-state index in [1.807, 2.05) is 0 Å². The molecule has 0 aliphatic rings. The van der Waals surface area contributed by atoms with Gasteiger partial charge in [-0.1, -0.05) is 0 Å². The molecule has 0 spiro atoms. The monoisotopic (exact) mass is 371 g/mol. The molecule has 5 nitrogen and oxygen atoms in total. The predicted octanol–water partition coefficient (Wildman–Crippen LogP) is 2.96. The van der Waals surface area contributed by atoms with Crippen LogP contribution in [0.3, 0.4) is 0 Å². The molecule has 7 heteroatoms. The van der Waals surface area contributed by atoms with Gasteiger partial charge in [0.05, 0.1) is 16.3 Å². The predicted molar refractivity (Wildman–Crippen MR) is 73.4 cm³/mol. The molecule has 2 rings (SSSR count). The number of hydrazone groups is 1. The van der Waals surface area contributed by atoms with Gasteiger partial charge in [-0.05, 0) is 44.0 Å². The van der Waals surface area contributed by atoms with E-state index in [9.17, 15) is 4.79 Å². The zero-order valence-electron chi connectivity index (χ0n) is 8.93. The fraction of sp³-hybridized carbons (Fsp3) is 0. The van der Waals surface area contributed by atoms with Crippen LogP contribution in [0, 0.1) is 0 Å². The van der Waals surface area contributed by atoms with E-state index in [0.29, 0.717) is 16.0 Å². The maximum absolute atomic E-state index is 11.6. The van der Waals surface area contributed by atoms with E-state index in [2.05, 4.69) is 47.4 Å². The van der Waals surface area contributed by atoms with Gasteiger partial charge in [0.15, 0.2) is 4.67 Å². The van der Waals surface area contributed by atoms with E-state index in [0.717, 1.165) is 4.47 Å². The summed E-state index contributed by atoms with van der Waals surface area (Å²) in [7, 11) is 0. The van der Waals surface area contributed by atoms with Crippen LogP contribution in [-0.4, -0.2) is 17.1 Å². The van der Waals surface area contributed by atoms with Crippen LogP contribution in [0.4, 0.5) is 0 Å². The average molecular weight is 373 g/mol. The van der Waals surface area contributed by atoms with E-state index in [-0.39, 0.29) is 5.91 Å². The second kappa shape index (κ2) is 5.92. The second-order valence-electron chi connectivity index (χ2n) is 3.21.